The minimum atomic E-state index is -0.317. The van der Waals surface area contributed by atoms with Gasteiger partial charge in [0.15, 0.2) is 0 Å². The Morgan fingerprint density at radius 2 is 2.17 bits per heavy atom. The molecule has 1 heterocycles. The van der Waals surface area contributed by atoms with Gasteiger partial charge in [-0.25, -0.2) is 0 Å². The van der Waals surface area contributed by atoms with E-state index in [0.29, 0.717) is 12.5 Å². The number of ether oxygens (including phenoxy) is 1. The molecule has 1 atom stereocenters. The predicted octanol–water partition coefficient (Wildman–Crippen LogP) is 1.26. The van der Waals surface area contributed by atoms with E-state index in [0.717, 1.165) is 26.1 Å². The highest BCUT2D eigenvalue weighted by atomic mass is 16.5. The van der Waals surface area contributed by atoms with Crippen LogP contribution in [0.2, 0.25) is 0 Å². The Hall–Kier alpha value is -0.610. The lowest BCUT2D eigenvalue weighted by Gasteiger charge is -2.32. The van der Waals surface area contributed by atoms with Gasteiger partial charge in [-0.05, 0) is 31.7 Å². The maximum absolute atomic E-state index is 12.7. The fraction of sp³-hybridized carbons (Fsp3) is 0.929. The molecule has 0 aromatic rings. The van der Waals surface area contributed by atoms with E-state index in [2.05, 4.69) is 5.32 Å². The van der Waals surface area contributed by atoms with Gasteiger partial charge in [0.25, 0.3) is 0 Å². The Bertz CT molecular complexity index is 282. The lowest BCUT2D eigenvalue weighted by molar-refractivity contribution is -0.143. The Kier molecular flexibility index (Phi) is 4.62. The molecule has 1 saturated carbocycles. The van der Waals surface area contributed by atoms with Crippen molar-refractivity contribution in [3.8, 4) is 0 Å². The minimum Gasteiger partial charge on any atom is -0.384 e. The van der Waals surface area contributed by atoms with Crippen LogP contribution in [0.25, 0.3) is 0 Å². The summed E-state index contributed by atoms with van der Waals surface area (Å²) < 4.78 is 5.28. The Labute approximate surface area is 110 Å². The van der Waals surface area contributed by atoms with Crippen molar-refractivity contribution in [2.45, 2.75) is 32.1 Å². The van der Waals surface area contributed by atoms with Crippen LogP contribution in [-0.4, -0.2) is 51.2 Å². The van der Waals surface area contributed by atoms with E-state index in [1.54, 1.807) is 7.11 Å². The molecule has 1 amide bonds. The number of nitrogens with zero attached hydrogens (tertiary/aromatic N) is 1. The van der Waals surface area contributed by atoms with Gasteiger partial charge in [0.1, 0.15) is 0 Å². The van der Waals surface area contributed by atoms with E-state index in [1.807, 2.05) is 11.9 Å². The van der Waals surface area contributed by atoms with Gasteiger partial charge >= 0.3 is 0 Å². The molecule has 0 bridgehead atoms. The Morgan fingerprint density at radius 1 is 1.44 bits per heavy atom. The van der Waals surface area contributed by atoms with Crippen molar-refractivity contribution in [3.63, 3.8) is 0 Å². The number of carbonyl (C=O) groups is 1. The number of amides is 1. The van der Waals surface area contributed by atoms with Crippen molar-refractivity contribution in [1.82, 2.24) is 10.2 Å². The van der Waals surface area contributed by atoms with E-state index in [-0.39, 0.29) is 11.3 Å². The van der Waals surface area contributed by atoms with E-state index in [9.17, 15) is 4.79 Å². The molecule has 1 saturated heterocycles. The topological polar surface area (TPSA) is 41.6 Å². The molecule has 2 aliphatic rings. The van der Waals surface area contributed by atoms with Crippen LogP contribution in [0.5, 0.6) is 0 Å². The van der Waals surface area contributed by atoms with Crippen molar-refractivity contribution in [3.05, 3.63) is 0 Å². The van der Waals surface area contributed by atoms with Gasteiger partial charge in [-0.1, -0.05) is 12.8 Å². The monoisotopic (exact) mass is 254 g/mol. The lowest BCUT2D eigenvalue weighted by Crippen LogP contribution is -2.47. The van der Waals surface area contributed by atoms with Crippen LogP contribution >= 0.6 is 0 Å². The second-order valence-corrected chi connectivity index (χ2v) is 5.98. The van der Waals surface area contributed by atoms with Crippen molar-refractivity contribution in [2.75, 3.05) is 40.4 Å². The molecule has 0 radical (unpaired) electrons. The van der Waals surface area contributed by atoms with Gasteiger partial charge in [0.2, 0.25) is 5.91 Å². The van der Waals surface area contributed by atoms with Crippen molar-refractivity contribution >= 4 is 5.91 Å². The van der Waals surface area contributed by atoms with Gasteiger partial charge in [-0.2, -0.15) is 0 Å². The predicted molar refractivity (Wildman–Crippen MR) is 71.4 cm³/mol. The molecule has 1 unspecified atom stereocenters. The van der Waals surface area contributed by atoms with Crippen molar-refractivity contribution in [1.29, 1.82) is 0 Å². The van der Waals surface area contributed by atoms with Crippen molar-refractivity contribution < 1.29 is 9.53 Å². The summed E-state index contributed by atoms with van der Waals surface area (Å²) in [5, 5.41) is 3.30. The smallest absolute Gasteiger partial charge is 0.232 e. The summed E-state index contributed by atoms with van der Waals surface area (Å²) in [6, 6.07) is 0. The zero-order chi connectivity index (χ0) is 13.0. The molecular weight excluding hydrogens is 228 g/mol. The third kappa shape index (κ3) is 2.86. The summed E-state index contributed by atoms with van der Waals surface area (Å²) in [5.74, 6) is 0.981. The van der Waals surface area contributed by atoms with E-state index < -0.39 is 0 Å². The summed E-state index contributed by atoms with van der Waals surface area (Å²) in [6.07, 6.45) is 6.13. The van der Waals surface area contributed by atoms with Crippen molar-refractivity contribution in [2.24, 2.45) is 11.3 Å². The zero-order valence-electron chi connectivity index (χ0n) is 11.7. The summed E-state index contributed by atoms with van der Waals surface area (Å²) in [6.45, 7) is 3.14. The first-order valence-corrected chi connectivity index (χ1v) is 7.13. The van der Waals surface area contributed by atoms with Gasteiger partial charge in [-0.3, -0.25) is 4.79 Å². The Morgan fingerprint density at radius 3 is 2.72 bits per heavy atom. The zero-order valence-corrected chi connectivity index (χ0v) is 11.7. The number of carbonyl (C=O) groups excluding carboxylic acids is 1. The second-order valence-electron chi connectivity index (χ2n) is 5.98. The molecule has 0 aromatic heterocycles. The van der Waals surface area contributed by atoms with E-state index >= 15 is 0 Å². The molecule has 2 rings (SSSR count). The van der Waals surface area contributed by atoms with Gasteiger partial charge in [-0.15, -0.1) is 0 Å². The summed E-state index contributed by atoms with van der Waals surface area (Å²) >= 11 is 0. The average Bonchev–Trinajstić information content (AvgIpc) is 3.00. The molecule has 0 aromatic carbocycles. The van der Waals surface area contributed by atoms with Crippen LogP contribution < -0.4 is 5.32 Å². The second kappa shape index (κ2) is 6.02. The van der Waals surface area contributed by atoms with Crippen LogP contribution in [-0.2, 0) is 9.53 Å². The maximum Gasteiger partial charge on any atom is 0.232 e. The van der Waals surface area contributed by atoms with Crippen LogP contribution in [0.4, 0.5) is 0 Å². The van der Waals surface area contributed by atoms with Crippen LogP contribution in [0.15, 0.2) is 0 Å². The standard InChI is InChI=1S/C14H26N2O2/c1-16(9-12-5-3-4-6-12)13(17)14(11-18-2)7-8-15-10-14/h12,15H,3-11H2,1-2H3. The highest BCUT2D eigenvalue weighted by molar-refractivity contribution is 5.83. The quantitative estimate of drug-likeness (QED) is 0.803. The first kappa shape index (κ1) is 13.8. The third-order valence-electron chi connectivity index (χ3n) is 4.47. The van der Waals surface area contributed by atoms with Crippen LogP contribution in [0.3, 0.4) is 0 Å². The van der Waals surface area contributed by atoms with Gasteiger partial charge in [0, 0.05) is 27.2 Å². The SMILES string of the molecule is COCC1(C(=O)N(C)CC2CCCC2)CCNC1. The summed E-state index contributed by atoms with van der Waals surface area (Å²) in [7, 11) is 3.64. The number of methoxy groups -OCH3 is 1. The average molecular weight is 254 g/mol. The summed E-state index contributed by atoms with van der Waals surface area (Å²) in [5.41, 5.74) is -0.317. The number of hydrogen-bond donors (Lipinski definition) is 1. The molecule has 1 N–H and O–H groups in total. The fourth-order valence-electron chi connectivity index (χ4n) is 3.46. The maximum atomic E-state index is 12.7. The van der Waals surface area contributed by atoms with Gasteiger partial charge in [0.05, 0.1) is 12.0 Å². The first-order valence-electron chi connectivity index (χ1n) is 7.13. The molecular formula is C14H26N2O2. The molecule has 2 fully saturated rings. The van der Waals surface area contributed by atoms with E-state index in [1.165, 1.54) is 25.7 Å². The highest BCUT2D eigenvalue weighted by Crippen LogP contribution is 2.30. The molecule has 4 heteroatoms. The number of rotatable bonds is 5. The minimum absolute atomic E-state index is 0.265. The third-order valence-corrected chi connectivity index (χ3v) is 4.47. The molecule has 1 aliphatic carbocycles. The molecule has 104 valence electrons. The Balaban J connectivity index is 1.94. The number of nitrogens with one attached hydrogen (secondary N) is 1. The van der Waals surface area contributed by atoms with Crippen LogP contribution in [0, 0.1) is 11.3 Å². The largest absolute Gasteiger partial charge is 0.384 e. The lowest BCUT2D eigenvalue weighted by atomic mass is 9.86. The number of hydrogen-bond acceptors (Lipinski definition) is 3. The van der Waals surface area contributed by atoms with E-state index in [4.69, 9.17) is 4.74 Å². The molecule has 0 spiro atoms. The molecule has 1 aliphatic heterocycles. The molecule has 18 heavy (non-hydrogen) atoms. The summed E-state index contributed by atoms with van der Waals surface area (Å²) in [4.78, 5) is 14.6. The highest BCUT2D eigenvalue weighted by Gasteiger charge is 2.43. The molecule has 4 nitrogen and oxygen atoms in total. The fourth-order valence-corrected chi connectivity index (χ4v) is 3.46. The normalized spacial score (nSPS) is 28.8. The van der Waals surface area contributed by atoms with Gasteiger partial charge < -0.3 is 15.0 Å². The van der Waals surface area contributed by atoms with Crippen LogP contribution in [0.1, 0.15) is 32.1 Å². The first-order chi connectivity index (χ1) is 8.68.